The molecular weight excluding hydrogens is 272 g/mol. The normalized spacial score (nSPS) is 10.2. The zero-order chi connectivity index (χ0) is 14.2. The Labute approximate surface area is 124 Å². The summed E-state index contributed by atoms with van der Waals surface area (Å²) in [5.74, 6) is -0.164. The second-order valence-corrected chi connectivity index (χ2v) is 4.90. The van der Waals surface area contributed by atoms with Crippen LogP contribution in [0.15, 0.2) is 48.7 Å². The van der Waals surface area contributed by atoms with Gasteiger partial charge in [-0.1, -0.05) is 41.9 Å². The molecule has 1 N–H and O–H groups in total. The van der Waals surface area contributed by atoms with Crippen LogP contribution in [0.2, 0.25) is 5.15 Å². The second kappa shape index (κ2) is 7.65. The number of hydrogen-bond donors (Lipinski definition) is 1. The van der Waals surface area contributed by atoms with Crippen molar-refractivity contribution in [2.45, 2.75) is 19.3 Å². The van der Waals surface area contributed by atoms with E-state index in [1.165, 1.54) is 5.56 Å². The molecule has 0 fully saturated rings. The molecule has 0 aliphatic carbocycles. The maximum atomic E-state index is 11.9. The Bertz CT molecular complexity index is 557. The van der Waals surface area contributed by atoms with Crippen molar-refractivity contribution in [2.75, 3.05) is 6.54 Å². The van der Waals surface area contributed by atoms with Crippen LogP contribution in [0, 0.1) is 0 Å². The smallest absolute Gasteiger partial charge is 0.254 e. The van der Waals surface area contributed by atoms with Gasteiger partial charge in [0.2, 0.25) is 0 Å². The maximum Gasteiger partial charge on any atom is 0.254 e. The van der Waals surface area contributed by atoms with Crippen LogP contribution in [-0.4, -0.2) is 17.4 Å². The lowest BCUT2D eigenvalue weighted by Crippen LogP contribution is -2.25. The van der Waals surface area contributed by atoms with Gasteiger partial charge in [0, 0.05) is 12.7 Å². The molecule has 3 nitrogen and oxygen atoms in total. The molecule has 2 aromatic rings. The third-order valence-corrected chi connectivity index (χ3v) is 3.33. The molecule has 4 heteroatoms. The third kappa shape index (κ3) is 4.35. The molecule has 1 heterocycles. The van der Waals surface area contributed by atoms with E-state index in [0.717, 1.165) is 19.3 Å². The van der Waals surface area contributed by atoms with Gasteiger partial charge < -0.3 is 5.32 Å². The molecule has 0 atom stereocenters. The standard InChI is InChI=1S/C16H17ClN2O/c17-15-14(10-6-12-18-15)16(20)19-11-5-4-9-13-7-2-1-3-8-13/h1-3,6-8,10,12H,4-5,9,11H2,(H,19,20). The molecule has 0 saturated carbocycles. The van der Waals surface area contributed by atoms with Crippen LogP contribution in [0.25, 0.3) is 0 Å². The predicted molar refractivity (Wildman–Crippen MR) is 81.0 cm³/mol. The van der Waals surface area contributed by atoms with Gasteiger partial charge in [-0.3, -0.25) is 4.79 Å². The Morgan fingerprint density at radius 2 is 1.90 bits per heavy atom. The Morgan fingerprint density at radius 1 is 1.10 bits per heavy atom. The number of rotatable bonds is 6. The summed E-state index contributed by atoms with van der Waals surface area (Å²) in [6, 6.07) is 13.7. The van der Waals surface area contributed by atoms with Crippen molar-refractivity contribution in [3.63, 3.8) is 0 Å². The second-order valence-electron chi connectivity index (χ2n) is 4.54. The number of benzene rings is 1. The Hall–Kier alpha value is -1.87. The van der Waals surface area contributed by atoms with Gasteiger partial charge in [0.15, 0.2) is 0 Å². The van der Waals surface area contributed by atoms with Gasteiger partial charge >= 0.3 is 0 Å². The van der Waals surface area contributed by atoms with E-state index >= 15 is 0 Å². The van der Waals surface area contributed by atoms with Crippen molar-refractivity contribution in [2.24, 2.45) is 0 Å². The minimum Gasteiger partial charge on any atom is -0.352 e. The number of aromatic nitrogens is 1. The minimum atomic E-state index is -0.164. The molecule has 0 bridgehead atoms. The Morgan fingerprint density at radius 3 is 2.65 bits per heavy atom. The van der Waals surface area contributed by atoms with E-state index in [2.05, 4.69) is 22.4 Å². The molecule has 20 heavy (non-hydrogen) atoms. The van der Waals surface area contributed by atoms with Crippen LogP contribution in [-0.2, 0) is 6.42 Å². The molecule has 1 aromatic heterocycles. The first kappa shape index (κ1) is 14.5. The summed E-state index contributed by atoms with van der Waals surface area (Å²) in [5, 5.41) is 3.11. The fourth-order valence-electron chi connectivity index (χ4n) is 1.95. The van der Waals surface area contributed by atoms with E-state index in [-0.39, 0.29) is 11.1 Å². The van der Waals surface area contributed by atoms with Crippen LogP contribution in [0.4, 0.5) is 0 Å². The van der Waals surface area contributed by atoms with E-state index in [4.69, 9.17) is 11.6 Å². The van der Waals surface area contributed by atoms with Crippen molar-refractivity contribution >= 4 is 17.5 Å². The summed E-state index contributed by atoms with van der Waals surface area (Å²) in [4.78, 5) is 15.8. The highest BCUT2D eigenvalue weighted by atomic mass is 35.5. The zero-order valence-electron chi connectivity index (χ0n) is 11.2. The van der Waals surface area contributed by atoms with Crippen molar-refractivity contribution in [1.82, 2.24) is 10.3 Å². The molecule has 104 valence electrons. The highest BCUT2D eigenvalue weighted by molar-refractivity contribution is 6.32. The summed E-state index contributed by atoms with van der Waals surface area (Å²) in [6.07, 6.45) is 4.59. The number of aryl methyl sites for hydroxylation is 1. The van der Waals surface area contributed by atoms with Gasteiger partial charge in [-0.2, -0.15) is 0 Å². The Balaban J connectivity index is 1.69. The average Bonchev–Trinajstić information content (AvgIpc) is 2.48. The fourth-order valence-corrected chi connectivity index (χ4v) is 2.16. The van der Waals surface area contributed by atoms with Crippen molar-refractivity contribution in [1.29, 1.82) is 0 Å². The number of carbonyl (C=O) groups excluding carboxylic acids is 1. The van der Waals surface area contributed by atoms with Gasteiger partial charge in [-0.25, -0.2) is 4.98 Å². The fraction of sp³-hybridized carbons (Fsp3) is 0.250. The van der Waals surface area contributed by atoms with Gasteiger partial charge in [-0.05, 0) is 37.0 Å². The lowest BCUT2D eigenvalue weighted by molar-refractivity contribution is 0.0953. The number of unbranched alkanes of at least 4 members (excludes halogenated alkanes) is 1. The number of nitrogens with zero attached hydrogens (tertiary/aromatic N) is 1. The summed E-state index contributed by atoms with van der Waals surface area (Å²) in [7, 11) is 0. The van der Waals surface area contributed by atoms with Crippen LogP contribution < -0.4 is 5.32 Å². The molecule has 0 aliphatic rings. The van der Waals surface area contributed by atoms with Gasteiger partial charge in [0.1, 0.15) is 5.15 Å². The Kier molecular flexibility index (Phi) is 5.56. The molecule has 1 amide bonds. The topological polar surface area (TPSA) is 42.0 Å². The molecule has 1 aromatic carbocycles. The first-order valence-electron chi connectivity index (χ1n) is 6.70. The highest BCUT2D eigenvalue weighted by Crippen LogP contribution is 2.11. The SMILES string of the molecule is O=C(NCCCCc1ccccc1)c1cccnc1Cl. The maximum absolute atomic E-state index is 11.9. The van der Waals surface area contributed by atoms with E-state index in [0.29, 0.717) is 12.1 Å². The van der Waals surface area contributed by atoms with Crippen LogP contribution in [0.3, 0.4) is 0 Å². The number of halogens is 1. The molecular formula is C16H17ClN2O. The number of amides is 1. The molecule has 0 saturated heterocycles. The lowest BCUT2D eigenvalue weighted by atomic mass is 10.1. The summed E-state index contributed by atoms with van der Waals surface area (Å²) in [6.45, 7) is 0.650. The quantitative estimate of drug-likeness (QED) is 0.653. The average molecular weight is 289 g/mol. The highest BCUT2D eigenvalue weighted by Gasteiger charge is 2.09. The monoisotopic (exact) mass is 288 g/mol. The zero-order valence-corrected chi connectivity index (χ0v) is 11.9. The van der Waals surface area contributed by atoms with Crippen molar-refractivity contribution in [3.05, 3.63) is 64.9 Å². The molecule has 0 radical (unpaired) electrons. The van der Waals surface area contributed by atoms with E-state index in [1.54, 1.807) is 18.3 Å². The number of pyridine rings is 1. The number of carbonyl (C=O) groups is 1. The van der Waals surface area contributed by atoms with Crippen molar-refractivity contribution < 1.29 is 4.79 Å². The van der Waals surface area contributed by atoms with Gasteiger partial charge in [0.25, 0.3) is 5.91 Å². The van der Waals surface area contributed by atoms with Crippen LogP contribution in [0.5, 0.6) is 0 Å². The molecule has 2 rings (SSSR count). The van der Waals surface area contributed by atoms with Crippen LogP contribution in [0.1, 0.15) is 28.8 Å². The van der Waals surface area contributed by atoms with Crippen LogP contribution >= 0.6 is 11.6 Å². The number of nitrogens with one attached hydrogen (secondary N) is 1. The molecule has 0 aliphatic heterocycles. The lowest BCUT2D eigenvalue weighted by Gasteiger charge is -2.06. The van der Waals surface area contributed by atoms with E-state index < -0.39 is 0 Å². The van der Waals surface area contributed by atoms with Gasteiger partial charge in [-0.15, -0.1) is 0 Å². The van der Waals surface area contributed by atoms with E-state index in [9.17, 15) is 4.79 Å². The molecule has 0 unspecified atom stereocenters. The number of hydrogen-bond acceptors (Lipinski definition) is 2. The third-order valence-electron chi connectivity index (χ3n) is 3.02. The first-order chi connectivity index (χ1) is 9.77. The minimum absolute atomic E-state index is 0.164. The van der Waals surface area contributed by atoms with E-state index in [1.807, 2.05) is 18.2 Å². The summed E-state index contributed by atoms with van der Waals surface area (Å²) < 4.78 is 0. The summed E-state index contributed by atoms with van der Waals surface area (Å²) >= 11 is 5.87. The predicted octanol–water partition coefficient (Wildman–Crippen LogP) is 3.49. The van der Waals surface area contributed by atoms with Gasteiger partial charge in [0.05, 0.1) is 5.56 Å². The first-order valence-corrected chi connectivity index (χ1v) is 7.08. The largest absolute Gasteiger partial charge is 0.352 e. The van der Waals surface area contributed by atoms with Crippen molar-refractivity contribution in [3.8, 4) is 0 Å². The molecule has 0 spiro atoms. The summed E-state index contributed by atoms with van der Waals surface area (Å²) in [5.41, 5.74) is 1.76.